The Morgan fingerprint density at radius 1 is 1.57 bits per heavy atom. The van der Waals surface area contributed by atoms with E-state index in [9.17, 15) is 0 Å². The van der Waals surface area contributed by atoms with E-state index in [1.165, 1.54) is 12.1 Å². The number of aromatic nitrogens is 3. The average molecular weight is 214 g/mol. The third-order valence-corrected chi connectivity index (χ3v) is 3.90. The van der Waals surface area contributed by atoms with Crippen LogP contribution in [0.5, 0.6) is 0 Å². The summed E-state index contributed by atoms with van der Waals surface area (Å²) >= 11 is 6.22. The molecule has 2 rings (SSSR count). The summed E-state index contributed by atoms with van der Waals surface area (Å²) in [6.45, 7) is 5.21. The molecule has 1 aliphatic rings. The first-order valence-electron chi connectivity index (χ1n) is 5.26. The van der Waals surface area contributed by atoms with Crippen molar-refractivity contribution < 1.29 is 0 Å². The van der Waals surface area contributed by atoms with Gasteiger partial charge in [0.25, 0.3) is 0 Å². The Labute approximate surface area is 89.4 Å². The number of alkyl halides is 1. The summed E-state index contributed by atoms with van der Waals surface area (Å²) in [4.78, 5) is 0. The summed E-state index contributed by atoms with van der Waals surface area (Å²) in [5.41, 5.74) is 1.25. The van der Waals surface area contributed by atoms with Crippen LogP contribution in [0.3, 0.4) is 0 Å². The molecule has 0 N–H and O–H groups in total. The first-order chi connectivity index (χ1) is 6.74. The first kappa shape index (κ1) is 9.97. The highest BCUT2D eigenvalue weighted by Gasteiger charge is 2.34. The topological polar surface area (TPSA) is 30.7 Å². The predicted molar refractivity (Wildman–Crippen MR) is 56.5 cm³/mol. The fraction of sp³-hybridized carbons (Fsp3) is 0.800. The van der Waals surface area contributed by atoms with Crippen LogP contribution in [-0.4, -0.2) is 20.4 Å². The molecule has 3 nitrogen and oxygen atoms in total. The lowest BCUT2D eigenvalue weighted by molar-refractivity contribution is 0.483. The number of hydrogen-bond donors (Lipinski definition) is 0. The van der Waals surface area contributed by atoms with Crippen molar-refractivity contribution in [2.75, 3.05) is 0 Å². The lowest BCUT2D eigenvalue weighted by atomic mass is 9.95. The van der Waals surface area contributed by atoms with E-state index in [0.717, 1.165) is 13.0 Å². The van der Waals surface area contributed by atoms with Crippen molar-refractivity contribution in [3.8, 4) is 0 Å². The SMILES string of the molecule is CCn1nncc1C1CCC(Cl)C1C. The Kier molecular flexibility index (Phi) is 2.77. The van der Waals surface area contributed by atoms with Crippen LogP contribution in [0.2, 0.25) is 0 Å². The van der Waals surface area contributed by atoms with Crippen LogP contribution < -0.4 is 0 Å². The highest BCUT2D eigenvalue weighted by molar-refractivity contribution is 6.21. The second kappa shape index (κ2) is 3.89. The fourth-order valence-electron chi connectivity index (χ4n) is 2.33. The van der Waals surface area contributed by atoms with Crippen molar-refractivity contribution in [3.05, 3.63) is 11.9 Å². The van der Waals surface area contributed by atoms with Gasteiger partial charge in [-0.05, 0) is 25.7 Å². The number of hydrogen-bond acceptors (Lipinski definition) is 2. The van der Waals surface area contributed by atoms with Gasteiger partial charge in [0.1, 0.15) is 0 Å². The van der Waals surface area contributed by atoms with E-state index in [1.54, 1.807) is 0 Å². The molecule has 3 atom stereocenters. The molecule has 1 aromatic heterocycles. The van der Waals surface area contributed by atoms with Gasteiger partial charge in [0, 0.05) is 17.8 Å². The monoisotopic (exact) mass is 213 g/mol. The van der Waals surface area contributed by atoms with Crippen LogP contribution in [0.15, 0.2) is 6.20 Å². The smallest absolute Gasteiger partial charge is 0.0728 e. The van der Waals surface area contributed by atoms with E-state index in [4.69, 9.17) is 11.6 Å². The molecule has 1 aliphatic carbocycles. The van der Waals surface area contributed by atoms with Gasteiger partial charge in [-0.2, -0.15) is 0 Å². The van der Waals surface area contributed by atoms with E-state index in [-0.39, 0.29) is 0 Å². The van der Waals surface area contributed by atoms with Crippen molar-refractivity contribution in [2.45, 2.75) is 44.5 Å². The molecule has 0 bridgehead atoms. The van der Waals surface area contributed by atoms with Crippen molar-refractivity contribution in [1.29, 1.82) is 0 Å². The minimum absolute atomic E-state index is 0.320. The molecular weight excluding hydrogens is 198 g/mol. The third-order valence-electron chi connectivity index (χ3n) is 3.29. The second-order valence-electron chi connectivity index (χ2n) is 4.03. The van der Waals surface area contributed by atoms with Crippen LogP contribution in [0, 0.1) is 5.92 Å². The Hall–Kier alpha value is -0.570. The quantitative estimate of drug-likeness (QED) is 0.707. The molecule has 78 valence electrons. The molecular formula is C10H16ClN3. The van der Waals surface area contributed by atoms with Gasteiger partial charge in [-0.25, -0.2) is 4.68 Å². The highest BCUT2D eigenvalue weighted by atomic mass is 35.5. The Morgan fingerprint density at radius 3 is 2.93 bits per heavy atom. The van der Waals surface area contributed by atoms with Gasteiger partial charge in [0.2, 0.25) is 0 Å². The van der Waals surface area contributed by atoms with Gasteiger partial charge in [-0.1, -0.05) is 12.1 Å². The number of rotatable bonds is 2. The second-order valence-corrected chi connectivity index (χ2v) is 4.59. The standard InChI is InChI=1S/C10H16ClN3/c1-3-14-10(6-12-13-14)8-4-5-9(11)7(8)2/h6-9H,3-5H2,1-2H3. The van der Waals surface area contributed by atoms with Gasteiger partial charge in [-0.3, -0.25) is 0 Å². The molecule has 1 saturated carbocycles. The Morgan fingerprint density at radius 2 is 2.36 bits per heavy atom. The van der Waals surface area contributed by atoms with Crippen LogP contribution in [0.4, 0.5) is 0 Å². The first-order valence-corrected chi connectivity index (χ1v) is 5.70. The van der Waals surface area contributed by atoms with Crippen LogP contribution in [0.25, 0.3) is 0 Å². The van der Waals surface area contributed by atoms with E-state index in [2.05, 4.69) is 24.2 Å². The molecule has 0 radical (unpaired) electrons. The molecule has 0 saturated heterocycles. The largest absolute Gasteiger partial charge is 0.249 e. The maximum absolute atomic E-state index is 6.22. The average Bonchev–Trinajstić information content (AvgIpc) is 2.75. The van der Waals surface area contributed by atoms with E-state index >= 15 is 0 Å². The van der Waals surface area contributed by atoms with Crippen molar-refractivity contribution in [2.24, 2.45) is 5.92 Å². The maximum atomic E-state index is 6.22. The van der Waals surface area contributed by atoms with E-state index in [0.29, 0.717) is 17.2 Å². The third kappa shape index (κ3) is 1.54. The summed E-state index contributed by atoms with van der Waals surface area (Å²) in [6, 6.07) is 0. The summed E-state index contributed by atoms with van der Waals surface area (Å²) in [5.74, 6) is 1.09. The normalized spacial score (nSPS) is 32.4. The molecule has 0 amide bonds. The lowest BCUT2D eigenvalue weighted by Crippen LogP contribution is -2.14. The van der Waals surface area contributed by atoms with Crippen molar-refractivity contribution >= 4 is 11.6 Å². The zero-order valence-electron chi connectivity index (χ0n) is 8.65. The lowest BCUT2D eigenvalue weighted by Gasteiger charge is -2.17. The Balaban J connectivity index is 2.23. The molecule has 0 aliphatic heterocycles. The van der Waals surface area contributed by atoms with E-state index in [1.807, 2.05) is 10.9 Å². The molecule has 0 spiro atoms. The van der Waals surface area contributed by atoms with Gasteiger partial charge in [0.05, 0.1) is 11.9 Å². The number of nitrogens with zero attached hydrogens (tertiary/aromatic N) is 3. The summed E-state index contributed by atoms with van der Waals surface area (Å²) in [7, 11) is 0. The number of halogens is 1. The molecule has 0 aromatic carbocycles. The molecule has 1 fully saturated rings. The summed E-state index contributed by atoms with van der Waals surface area (Å²) < 4.78 is 1.98. The molecule has 1 aromatic rings. The van der Waals surface area contributed by atoms with Crippen LogP contribution in [-0.2, 0) is 6.54 Å². The Bertz CT molecular complexity index is 310. The van der Waals surface area contributed by atoms with Crippen LogP contribution in [0.1, 0.15) is 38.3 Å². The van der Waals surface area contributed by atoms with E-state index < -0.39 is 0 Å². The van der Waals surface area contributed by atoms with Gasteiger partial charge in [0.15, 0.2) is 0 Å². The van der Waals surface area contributed by atoms with Crippen molar-refractivity contribution in [1.82, 2.24) is 15.0 Å². The van der Waals surface area contributed by atoms with Crippen molar-refractivity contribution in [3.63, 3.8) is 0 Å². The minimum Gasteiger partial charge on any atom is -0.249 e. The fourth-order valence-corrected chi connectivity index (χ4v) is 2.63. The van der Waals surface area contributed by atoms with Gasteiger partial charge < -0.3 is 0 Å². The zero-order valence-corrected chi connectivity index (χ0v) is 9.41. The number of aryl methyl sites for hydroxylation is 1. The summed E-state index contributed by atoms with van der Waals surface area (Å²) in [5, 5.41) is 8.35. The molecule has 4 heteroatoms. The maximum Gasteiger partial charge on any atom is 0.0728 e. The summed E-state index contributed by atoms with van der Waals surface area (Å²) in [6.07, 6.45) is 4.17. The molecule has 1 heterocycles. The highest BCUT2D eigenvalue weighted by Crippen LogP contribution is 2.41. The predicted octanol–water partition coefficient (Wildman–Crippen LogP) is 2.42. The van der Waals surface area contributed by atoms with Gasteiger partial charge >= 0.3 is 0 Å². The van der Waals surface area contributed by atoms with Crippen LogP contribution >= 0.6 is 11.6 Å². The molecule has 14 heavy (non-hydrogen) atoms. The minimum atomic E-state index is 0.320. The molecule has 3 unspecified atom stereocenters. The van der Waals surface area contributed by atoms with Gasteiger partial charge in [-0.15, -0.1) is 16.7 Å². The zero-order chi connectivity index (χ0) is 10.1.